The van der Waals surface area contributed by atoms with Crippen LogP contribution in [0.3, 0.4) is 0 Å². The van der Waals surface area contributed by atoms with Gasteiger partial charge in [0.2, 0.25) is 10.0 Å². The third kappa shape index (κ3) is 5.57. The minimum absolute atomic E-state index is 0.00551. The van der Waals surface area contributed by atoms with Gasteiger partial charge in [0.1, 0.15) is 17.1 Å². The highest BCUT2D eigenvalue weighted by Crippen LogP contribution is 2.29. The molecule has 1 saturated carbocycles. The molecule has 5 aromatic rings. The number of hydrogen-bond acceptors (Lipinski definition) is 7. The molecule has 4 N–H and O–H groups in total. The first-order valence-electron chi connectivity index (χ1n) is 13.6. The van der Waals surface area contributed by atoms with Crippen molar-refractivity contribution in [3.8, 4) is 28.2 Å². The SMILES string of the molecule is Cc1c(C(=O)Nc2ccc(-c3nc(-c4cccc(S(=O)(=O)NC5CC5)c4)cnc3N)cc2)c(=O)n(-c2ccccc2)n1C. The van der Waals surface area contributed by atoms with E-state index in [4.69, 9.17) is 5.73 Å². The van der Waals surface area contributed by atoms with Crippen LogP contribution in [-0.4, -0.2) is 39.7 Å². The third-order valence-corrected chi connectivity index (χ3v) is 8.86. The standard InChI is InChI=1S/C31H29N7O4S/c1-19-27(31(40)38(37(19)2)24-8-4-3-5-9-24)30(39)34-22-13-11-20(12-14-22)28-29(32)33-18-26(35-28)21-7-6-10-25(17-21)43(41,42)36-23-15-16-23/h3-14,17-18,23,36H,15-16H2,1-2H3,(H2,32,33)(H,34,39). The Balaban J connectivity index is 1.24. The molecule has 2 heterocycles. The molecule has 2 aromatic heterocycles. The van der Waals surface area contributed by atoms with Gasteiger partial charge < -0.3 is 11.1 Å². The minimum Gasteiger partial charge on any atom is -0.382 e. The molecule has 11 nitrogen and oxygen atoms in total. The number of sulfonamides is 1. The van der Waals surface area contributed by atoms with Crippen molar-refractivity contribution in [1.82, 2.24) is 24.1 Å². The molecule has 0 aliphatic heterocycles. The summed E-state index contributed by atoms with van der Waals surface area (Å²) in [5, 5.41) is 2.80. The summed E-state index contributed by atoms with van der Waals surface area (Å²) in [4.78, 5) is 35.5. The van der Waals surface area contributed by atoms with E-state index in [9.17, 15) is 18.0 Å². The largest absolute Gasteiger partial charge is 0.382 e. The highest BCUT2D eigenvalue weighted by atomic mass is 32.2. The quantitative estimate of drug-likeness (QED) is 0.246. The second kappa shape index (κ2) is 11.0. The zero-order valence-corrected chi connectivity index (χ0v) is 24.3. The van der Waals surface area contributed by atoms with E-state index in [1.165, 1.54) is 10.9 Å². The molecule has 1 amide bonds. The molecular weight excluding hydrogens is 566 g/mol. The Morgan fingerprint density at radius 3 is 2.40 bits per heavy atom. The molecule has 0 atom stereocenters. The average Bonchev–Trinajstić information content (AvgIpc) is 3.78. The normalized spacial score (nSPS) is 13.2. The molecule has 0 spiro atoms. The number of nitrogens with one attached hydrogen (secondary N) is 2. The number of benzene rings is 3. The van der Waals surface area contributed by atoms with Gasteiger partial charge in [0.05, 0.1) is 28.2 Å². The zero-order chi connectivity index (χ0) is 30.3. The van der Waals surface area contributed by atoms with E-state index < -0.39 is 21.5 Å². The number of aromatic nitrogens is 4. The first-order valence-corrected chi connectivity index (χ1v) is 15.1. The van der Waals surface area contributed by atoms with Crippen LogP contribution < -0.4 is 21.3 Å². The lowest BCUT2D eigenvalue weighted by Crippen LogP contribution is -2.25. The van der Waals surface area contributed by atoms with E-state index in [-0.39, 0.29) is 22.3 Å². The number of carbonyl (C=O) groups is 1. The molecule has 43 heavy (non-hydrogen) atoms. The summed E-state index contributed by atoms with van der Waals surface area (Å²) in [7, 11) is -1.90. The zero-order valence-electron chi connectivity index (χ0n) is 23.5. The van der Waals surface area contributed by atoms with Crippen LogP contribution in [0.1, 0.15) is 28.9 Å². The van der Waals surface area contributed by atoms with Crippen LogP contribution in [0.5, 0.6) is 0 Å². The molecule has 1 aliphatic rings. The number of rotatable bonds is 8. The molecule has 3 aromatic carbocycles. The van der Waals surface area contributed by atoms with E-state index in [0.29, 0.717) is 39.6 Å². The summed E-state index contributed by atoms with van der Waals surface area (Å²) in [5.74, 6) is -0.325. The molecule has 0 unspecified atom stereocenters. The van der Waals surface area contributed by atoms with E-state index >= 15 is 0 Å². The first-order chi connectivity index (χ1) is 20.6. The Labute approximate surface area is 248 Å². The van der Waals surface area contributed by atoms with Crippen LogP contribution in [0.4, 0.5) is 11.5 Å². The maximum atomic E-state index is 13.2. The van der Waals surface area contributed by atoms with Crippen molar-refractivity contribution >= 4 is 27.4 Å². The van der Waals surface area contributed by atoms with Gasteiger partial charge in [-0.3, -0.25) is 14.3 Å². The first kappa shape index (κ1) is 28.1. The number of anilines is 2. The van der Waals surface area contributed by atoms with Gasteiger partial charge >= 0.3 is 0 Å². The molecule has 1 aliphatic carbocycles. The van der Waals surface area contributed by atoms with Gasteiger partial charge in [-0.2, -0.15) is 0 Å². The fraction of sp³-hybridized carbons (Fsp3) is 0.161. The highest BCUT2D eigenvalue weighted by molar-refractivity contribution is 7.89. The van der Waals surface area contributed by atoms with Crippen molar-refractivity contribution in [2.24, 2.45) is 7.05 Å². The molecule has 0 radical (unpaired) electrons. The van der Waals surface area contributed by atoms with Gasteiger partial charge in [-0.05, 0) is 56.2 Å². The van der Waals surface area contributed by atoms with Crippen molar-refractivity contribution in [1.29, 1.82) is 0 Å². The lowest BCUT2D eigenvalue weighted by molar-refractivity contribution is 0.102. The number of hydrogen-bond donors (Lipinski definition) is 3. The predicted octanol–water partition coefficient (Wildman–Crippen LogP) is 3.88. The summed E-state index contributed by atoms with van der Waals surface area (Å²) in [6, 6.07) is 22.5. The fourth-order valence-electron chi connectivity index (χ4n) is 4.80. The Morgan fingerprint density at radius 1 is 0.977 bits per heavy atom. The summed E-state index contributed by atoms with van der Waals surface area (Å²) in [6.07, 6.45) is 3.18. The monoisotopic (exact) mass is 595 g/mol. The lowest BCUT2D eigenvalue weighted by atomic mass is 10.1. The Hall–Kier alpha value is -5.07. The third-order valence-electron chi connectivity index (χ3n) is 7.34. The van der Waals surface area contributed by atoms with Crippen molar-refractivity contribution in [2.45, 2.75) is 30.7 Å². The molecular formula is C31H29N7O4S. The van der Waals surface area contributed by atoms with Crippen LogP contribution in [0.25, 0.3) is 28.2 Å². The van der Waals surface area contributed by atoms with E-state index in [2.05, 4.69) is 20.0 Å². The van der Waals surface area contributed by atoms with Gasteiger partial charge in [0.15, 0.2) is 0 Å². The smallest absolute Gasteiger partial charge is 0.284 e. The van der Waals surface area contributed by atoms with Crippen LogP contribution in [0, 0.1) is 6.92 Å². The van der Waals surface area contributed by atoms with Crippen molar-refractivity contribution < 1.29 is 13.2 Å². The summed E-state index contributed by atoms with van der Waals surface area (Å²) in [5.41, 5.74) is 9.55. The number of nitrogens with two attached hydrogens (primary N) is 1. The Bertz CT molecular complexity index is 2010. The van der Waals surface area contributed by atoms with Crippen molar-refractivity contribution in [2.75, 3.05) is 11.1 Å². The molecule has 0 saturated heterocycles. The lowest BCUT2D eigenvalue weighted by Gasteiger charge is -2.10. The maximum absolute atomic E-state index is 13.2. The average molecular weight is 596 g/mol. The van der Waals surface area contributed by atoms with Crippen LogP contribution in [0.15, 0.2) is 94.7 Å². The summed E-state index contributed by atoms with van der Waals surface area (Å²) < 4.78 is 31.2. The van der Waals surface area contributed by atoms with Crippen LogP contribution in [-0.2, 0) is 17.1 Å². The van der Waals surface area contributed by atoms with Crippen molar-refractivity contribution in [3.63, 3.8) is 0 Å². The number of amides is 1. The number of para-hydroxylation sites is 1. The van der Waals surface area contributed by atoms with Gasteiger partial charge in [-0.1, -0.05) is 42.5 Å². The van der Waals surface area contributed by atoms with Gasteiger partial charge in [-0.25, -0.2) is 27.8 Å². The number of nitrogen functional groups attached to an aromatic ring is 1. The topological polar surface area (TPSA) is 154 Å². The molecule has 6 rings (SSSR count). The summed E-state index contributed by atoms with van der Waals surface area (Å²) >= 11 is 0. The second-order valence-electron chi connectivity index (χ2n) is 10.4. The van der Waals surface area contributed by atoms with E-state index in [1.54, 1.807) is 79.3 Å². The fourth-order valence-corrected chi connectivity index (χ4v) is 6.15. The van der Waals surface area contributed by atoms with E-state index in [0.717, 1.165) is 12.8 Å². The minimum atomic E-state index is -3.63. The number of nitrogens with zero attached hydrogens (tertiary/aromatic N) is 4. The molecule has 1 fully saturated rings. The summed E-state index contributed by atoms with van der Waals surface area (Å²) in [6.45, 7) is 1.72. The van der Waals surface area contributed by atoms with Gasteiger partial charge in [-0.15, -0.1) is 0 Å². The number of carbonyl (C=O) groups excluding carboxylic acids is 1. The molecule has 0 bridgehead atoms. The van der Waals surface area contributed by atoms with Crippen molar-refractivity contribution in [3.05, 3.63) is 107 Å². The van der Waals surface area contributed by atoms with Crippen LogP contribution in [0.2, 0.25) is 0 Å². The molecule has 218 valence electrons. The van der Waals surface area contributed by atoms with Gasteiger partial charge in [0, 0.05) is 29.9 Å². The van der Waals surface area contributed by atoms with Crippen LogP contribution >= 0.6 is 0 Å². The van der Waals surface area contributed by atoms with E-state index in [1.807, 2.05) is 18.2 Å². The molecule has 12 heteroatoms. The van der Waals surface area contributed by atoms with Gasteiger partial charge in [0.25, 0.3) is 11.5 Å². The predicted molar refractivity (Wildman–Crippen MR) is 164 cm³/mol. The second-order valence-corrected chi connectivity index (χ2v) is 12.1. The Kier molecular flexibility index (Phi) is 7.16. The Morgan fingerprint density at radius 2 is 1.70 bits per heavy atom. The highest BCUT2D eigenvalue weighted by Gasteiger charge is 2.28. The maximum Gasteiger partial charge on any atom is 0.284 e.